The van der Waals surface area contributed by atoms with Crippen molar-refractivity contribution >= 4 is 12.0 Å². The van der Waals surface area contributed by atoms with E-state index in [0.717, 1.165) is 18.2 Å². The normalized spacial score (nSPS) is 11.9. The molecule has 0 radical (unpaired) electrons. The van der Waals surface area contributed by atoms with E-state index in [9.17, 15) is 31.1 Å². The molecule has 0 saturated heterocycles. The van der Waals surface area contributed by atoms with Crippen LogP contribution in [0.5, 0.6) is 0 Å². The molecule has 0 atom stereocenters. The third-order valence-electron chi connectivity index (χ3n) is 5.26. The molecule has 186 valence electrons. The van der Waals surface area contributed by atoms with Crippen molar-refractivity contribution in [2.24, 2.45) is 0 Å². The molecule has 0 aliphatic heterocycles. The highest BCUT2D eigenvalue weighted by Crippen LogP contribution is 2.35. The first kappa shape index (κ1) is 25.0. The van der Waals surface area contributed by atoms with Crippen molar-refractivity contribution in [2.45, 2.75) is 12.4 Å². The number of anilines is 1. The molecule has 0 bridgehead atoms. The molecule has 5 nitrogen and oxygen atoms in total. The van der Waals surface area contributed by atoms with Crippen LogP contribution in [0.1, 0.15) is 11.3 Å². The van der Waals surface area contributed by atoms with Gasteiger partial charge in [0.05, 0.1) is 23.5 Å². The summed E-state index contributed by atoms with van der Waals surface area (Å²) in [6.45, 7) is 0.0719. The van der Waals surface area contributed by atoms with E-state index >= 15 is 0 Å². The van der Waals surface area contributed by atoms with Gasteiger partial charge in [-0.05, 0) is 53.6 Å². The second kappa shape index (κ2) is 9.86. The third kappa shape index (κ3) is 5.57. The minimum Gasteiger partial charge on any atom is -0.321 e. The Morgan fingerprint density at radius 3 is 1.83 bits per heavy atom. The molecule has 4 rings (SSSR count). The van der Waals surface area contributed by atoms with Crippen LogP contribution in [0, 0.1) is 0 Å². The molecule has 0 aliphatic carbocycles. The monoisotopic (exact) mass is 504 g/mol. The smallest absolute Gasteiger partial charge is 0.321 e. The number of hydrazine groups is 1. The molecule has 0 unspecified atom stereocenters. The Labute approximate surface area is 201 Å². The van der Waals surface area contributed by atoms with Crippen LogP contribution in [0.2, 0.25) is 0 Å². The van der Waals surface area contributed by atoms with E-state index in [-0.39, 0.29) is 12.2 Å². The first-order valence-corrected chi connectivity index (χ1v) is 10.5. The minimum absolute atomic E-state index is 0.0719. The lowest BCUT2D eigenvalue weighted by Crippen LogP contribution is -2.23. The third-order valence-corrected chi connectivity index (χ3v) is 5.26. The lowest BCUT2D eigenvalue weighted by Gasteiger charge is -2.11. The molecule has 4 aromatic rings. The highest BCUT2D eigenvalue weighted by Gasteiger charge is 2.35. The molecule has 3 aromatic carbocycles. The standard InChI is InChI=1S/C25H18F6N4O/c26-24(27,28)19-7-5-17(6-8-19)16-1-3-18(4-2-16)22-15-23(25(29,30)31)34-35(22)21-11-9-20(10-12-21)33-32-13-14-36/h1-12,14-15,32-33H,13H2. The number of halogens is 6. The Morgan fingerprint density at radius 2 is 1.31 bits per heavy atom. The fourth-order valence-electron chi connectivity index (χ4n) is 3.49. The summed E-state index contributed by atoms with van der Waals surface area (Å²) in [6, 6.07) is 18.3. The molecule has 36 heavy (non-hydrogen) atoms. The van der Waals surface area contributed by atoms with Crippen LogP contribution in [0.15, 0.2) is 78.9 Å². The van der Waals surface area contributed by atoms with Crippen molar-refractivity contribution in [3.05, 3.63) is 90.1 Å². The van der Waals surface area contributed by atoms with Crippen molar-refractivity contribution in [2.75, 3.05) is 12.0 Å². The van der Waals surface area contributed by atoms with E-state index in [1.807, 2.05) is 0 Å². The molecule has 1 aromatic heterocycles. The molecular weight excluding hydrogens is 486 g/mol. The van der Waals surface area contributed by atoms with Crippen molar-refractivity contribution < 1.29 is 31.1 Å². The van der Waals surface area contributed by atoms with E-state index in [1.54, 1.807) is 48.5 Å². The molecule has 0 amide bonds. The molecule has 1 heterocycles. The van der Waals surface area contributed by atoms with Crippen molar-refractivity contribution in [3.63, 3.8) is 0 Å². The number of aromatic nitrogens is 2. The van der Waals surface area contributed by atoms with E-state index < -0.39 is 23.6 Å². The summed E-state index contributed by atoms with van der Waals surface area (Å²) in [5, 5.41) is 3.75. The van der Waals surface area contributed by atoms with Gasteiger partial charge in [0.15, 0.2) is 5.69 Å². The quantitative estimate of drug-likeness (QED) is 0.133. The summed E-state index contributed by atoms with van der Waals surface area (Å²) in [4.78, 5) is 10.4. The van der Waals surface area contributed by atoms with Gasteiger partial charge in [0.1, 0.15) is 6.29 Å². The van der Waals surface area contributed by atoms with Crippen molar-refractivity contribution in [1.29, 1.82) is 0 Å². The van der Waals surface area contributed by atoms with Crippen molar-refractivity contribution in [1.82, 2.24) is 15.2 Å². The van der Waals surface area contributed by atoms with Gasteiger partial charge in [-0.1, -0.05) is 36.4 Å². The van der Waals surface area contributed by atoms with Crippen LogP contribution in [-0.4, -0.2) is 22.6 Å². The average Bonchev–Trinajstić information content (AvgIpc) is 3.31. The Bertz CT molecular complexity index is 1330. The van der Waals surface area contributed by atoms with Crippen LogP contribution < -0.4 is 10.9 Å². The number of carbonyl (C=O) groups excluding carboxylic acids is 1. The Kier molecular flexibility index (Phi) is 6.84. The number of benzene rings is 3. The predicted octanol–water partition coefficient (Wildman–Crippen LogP) is 6.36. The van der Waals surface area contributed by atoms with E-state index in [2.05, 4.69) is 16.0 Å². The van der Waals surface area contributed by atoms with E-state index in [0.29, 0.717) is 34.4 Å². The number of nitrogens with zero attached hydrogens (tertiary/aromatic N) is 2. The lowest BCUT2D eigenvalue weighted by molar-refractivity contribution is -0.141. The minimum atomic E-state index is -4.67. The topological polar surface area (TPSA) is 59.0 Å². The molecule has 0 saturated carbocycles. The number of carbonyl (C=O) groups is 1. The average molecular weight is 504 g/mol. The summed E-state index contributed by atoms with van der Waals surface area (Å²) in [5.41, 5.74) is 6.31. The van der Waals surface area contributed by atoms with Crippen LogP contribution in [0.25, 0.3) is 28.1 Å². The van der Waals surface area contributed by atoms with Gasteiger partial charge in [-0.15, -0.1) is 0 Å². The number of aldehydes is 1. The maximum absolute atomic E-state index is 13.4. The van der Waals surface area contributed by atoms with Gasteiger partial charge in [-0.25, -0.2) is 10.1 Å². The highest BCUT2D eigenvalue weighted by molar-refractivity contribution is 5.70. The lowest BCUT2D eigenvalue weighted by atomic mass is 10.0. The maximum atomic E-state index is 13.4. The van der Waals surface area contributed by atoms with Gasteiger partial charge in [-0.3, -0.25) is 0 Å². The second-order valence-electron chi connectivity index (χ2n) is 7.70. The van der Waals surface area contributed by atoms with Gasteiger partial charge in [-0.2, -0.15) is 31.4 Å². The molecular formula is C25H18F6N4O. The van der Waals surface area contributed by atoms with Gasteiger partial charge >= 0.3 is 12.4 Å². The molecule has 0 aliphatic rings. The number of hydrogen-bond donors (Lipinski definition) is 2. The second-order valence-corrected chi connectivity index (χ2v) is 7.70. The molecule has 0 fully saturated rings. The molecule has 2 N–H and O–H groups in total. The van der Waals surface area contributed by atoms with Crippen LogP contribution in [0.3, 0.4) is 0 Å². The summed E-state index contributed by atoms with van der Waals surface area (Å²) in [6.07, 6.45) is -8.45. The Hall–Kier alpha value is -4.12. The first-order chi connectivity index (χ1) is 17.1. The number of nitrogens with one attached hydrogen (secondary N) is 2. The van der Waals surface area contributed by atoms with Gasteiger partial charge in [0.25, 0.3) is 0 Å². The van der Waals surface area contributed by atoms with Crippen molar-refractivity contribution in [3.8, 4) is 28.1 Å². The summed E-state index contributed by atoms with van der Waals surface area (Å²) < 4.78 is 79.9. The van der Waals surface area contributed by atoms with Crippen LogP contribution in [-0.2, 0) is 17.1 Å². The predicted molar refractivity (Wildman–Crippen MR) is 122 cm³/mol. The van der Waals surface area contributed by atoms with Crippen LogP contribution in [0.4, 0.5) is 32.0 Å². The highest BCUT2D eigenvalue weighted by atomic mass is 19.4. The summed E-state index contributed by atoms with van der Waals surface area (Å²) >= 11 is 0. The van der Waals surface area contributed by atoms with Gasteiger partial charge in [0.2, 0.25) is 0 Å². The van der Waals surface area contributed by atoms with Gasteiger partial charge < -0.3 is 10.2 Å². The Morgan fingerprint density at radius 1 is 0.750 bits per heavy atom. The molecule has 0 spiro atoms. The largest absolute Gasteiger partial charge is 0.435 e. The zero-order valence-electron chi connectivity index (χ0n) is 18.4. The fourth-order valence-corrected chi connectivity index (χ4v) is 3.49. The zero-order chi connectivity index (χ0) is 25.9. The van der Waals surface area contributed by atoms with E-state index in [4.69, 9.17) is 0 Å². The molecule has 11 heteroatoms. The Balaban J connectivity index is 1.66. The number of rotatable bonds is 7. The zero-order valence-corrected chi connectivity index (χ0v) is 18.4. The van der Waals surface area contributed by atoms with E-state index in [1.165, 1.54) is 16.8 Å². The SMILES string of the molecule is O=CCNNc1ccc(-n2nc(C(F)(F)F)cc2-c2ccc(-c3ccc(C(F)(F)F)cc3)cc2)cc1. The maximum Gasteiger partial charge on any atom is 0.435 e. The fraction of sp³-hybridized carbons (Fsp3) is 0.120. The summed E-state index contributed by atoms with van der Waals surface area (Å²) in [5.74, 6) is 0. The summed E-state index contributed by atoms with van der Waals surface area (Å²) in [7, 11) is 0. The van der Waals surface area contributed by atoms with Gasteiger partial charge in [0, 0.05) is 11.3 Å². The number of alkyl halides is 6. The first-order valence-electron chi connectivity index (χ1n) is 10.5. The van der Waals surface area contributed by atoms with Crippen LogP contribution >= 0.6 is 0 Å². The number of hydrogen-bond acceptors (Lipinski definition) is 4.